The van der Waals surface area contributed by atoms with Gasteiger partial charge in [0, 0.05) is 13.0 Å². The molecule has 4 heteroatoms. The molecule has 0 aliphatic rings. The Morgan fingerprint density at radius 3 is 2.47 bits per heavy atom. The zero-order valence-corrected chi connectivity index (χ0v) is 9.80. The fourth-order valence-corrected chi connectivity index (χ4v) is 1.31. The number of rotatable bonds is 9. The van der Waals surface area contributed by atoms with Crippen LogP contribution < -0.4 is 0 Å². The Kier molecular flexibility index (Phi) is 7.02. The highest BCUT2D eigenvalue weighted by Gasteiger charge is 1.96. The van der Waals surface area contributed by atoms with Crippen molar-refractivity contribution in [2.45, 2.75) is 19.4 Å². The van der Waals surface area contributed by atoms with Crippen LogP contribution in [-0.2, 0) is 20.9 Å². The van der Waals surface area contributed by atoms with E-state index in [9.17, 15) is 4.79 Å². The molecule has 0 saturated heterocycles. The molecule has 0 radical (unpaired) electrons. The van der Waals surface area contributed by atoms with E-state index in [-0.39, 0.29) is 6.42 Å². The van der Waals surface area contributed by atoms with Crippen molar-refractivity contribution in [3.63, 3.8) is 0 Å². The summed E-state index contributed by atoms with van der Waals surface area (Å²) in [5.41, 5.74) is 1.14. The highest BCUT2D eigenvalue weighted by Crippen LogP contribution is 2.00. The first-order valence-corrected chi connectivity index (χ1v) is 5.70. The van der Waals surface area contributed by atoms with Crippen LogP contribution in [0.25, 0.3) is 0 Å². The molecular formula is C13H18O4. The van der Waals surface area contributed by atoms with Gasteiger partial charge >= 0.3 is 5.97 Å². The second-order valence-electron chi connectivity index (χ2n) is 3.65. The van der Waals surface area contributed by atoms with Crippen LogP contribution >= 0.6 is 0 Å². The minimum absolute atomic E-state index is 0.158. The number of hydrogen-bond acceptors (Lipinski definition) is 3. The predicted octanol–water partition coefficient (Wildman–Crippen LogP) is 2.08. The lowest BCUT2D eigenvalue weighted by molar-refractivity contribution is -0.137. The number of carboxylic acids is 1. The first kappa shape index (κ1) is 13.7. The highest BCUT2D eigenvalue weighted by molar-refractivity contribution is 5.66. The molecule has 0 heterocycles. The summed E-state index contributed by atoms with van der Waals surface area (Å²) in [7, 11) is 0. The van der Waals surface area contributed by atoms with Crippen LogP contribution in [0.5, 0.6) is 0 Å². The largest absolute Gasteiger partial charge is 0.481 e. The van der Waals surface area contributed by atoms with Gasteiger partial charge < -0.3 is 14.6 Å². The van der Waals surface area contributed by atoms with E-state index in [1.54, 1.807) is 0 Å². The fraction of sp³-hybridized carbons (Fsp3) is 0.462. The Bertz CT molecular complexity index is 310. The van der Waals surface area contributed by atoms with Crippen LogP contribution in [0.2, 0.25) is 0 Å². The molecule has 0 bridgehead atoms. The molecule has 0 unspecified atom stereocenters. The maximum atomic E-state index is 10.2. The smallest absolute Gasteiger partial charge is 0.303 e. The molecule has 0 saturated carbocycles. The zero-order chi connectivity index (χ0) is 12.3. The van der Waals surface area contributed by atoms with Gasteiger partial charge in [-0.2, -0.15) is 0 Å². The van der Waals surface area contributed by atoms with Crippen molar-refractivity contribution in [1.29, 1.82) is 0 Å². The van der Waals surface area contributed by atoms with Crippen LogP contribution in [0.3, 0.4) is 0 Å². The normalized spacial score (nSPS) is 10.4. The minimum Gasteiger partial charge on any atom is -0.481 e. The lowest BCUT2D eigenvalue weighted by Gasteiger charge is -2.05. The van der Waals surface area contributed by atoms with E-state index >= 15 is 0 Å². The molecule has 94 valence electrons. The summed E-state index contributed by atoms with van der Waals surface area (Å²) >= 11 is 0. The number of aliphatic carboxylic acids is 1. The molecule has 0 aliphatic carbocycles. The van der Waals surface area contributed by atoms with Gasteiger partial charge in [-0.25, -0.2) is 0 Å². The second-order valence-corrected chi connectivity index (χ2v) is 3.65. The maximum Gasteiger partial charge on any atom is 0.303 e. The van der Waals surface area contributed by atoms with E-state index in [1.807, 2.05) is 30.3 Å². The summed E-state index contributed by atoms with van der Waals surface area (Å²) in [4.78, 5) is 10.2. The van der Waals surface area contributed by atoms with Crippen LogP contribution in [0.4, 0.5) is 0 Å². The van der Waals surface area contributed by atoms with Gasteiger partial charge in [0.1, 0.15) is 0 Å². The molecule has 4 nitrogen and oxygen atoms in total. The standard InChI is InChI=1S/C13H18O4/c14-13(15)7-4-8-16-9-10-17-11-12-5-2-1-3-6-12/h1-3,5-6H,4,7-11H2,(H,14,15). The van der Waals surface area contributed by atoms with Gasteiger partial charge in [0.15, 0.2) is 0 Å². The molecule has 0 fully saturated rings. The average Bonchev–Trinajstić information content (AvgIpc) is 2.33. The summed E-state index contributed by atoms with van der Waals surface area (Å²) in [6.07, 6.45) is 0.707. The number of carboxylic acid groups (broad SMARTS) is 1. The summed E-state index contributed by atoms with van der Waals surface area (Å²) in [6, 6.07) is 9.93. The second kappa shape index (κ2) is 8.73. The van der Waals surface area contributed by atoms with Crippen LogP contribution in [-0.4, -0.2) is 30.9 Å². The van der Waals surface area contributed by atoms with Gasteiger partial charge in [-0.05, 0) is 12.0 Å². The quantitative estimate of drug-likeness (QED) is 0.669. The highest BCUT2D eigenvalue weighted by atomic mass is 16.5. The topological polar surface area (TPSA) is 55.8 Å². The van der Waals surface area contributed by atoms with E-state index in [4.69, 9.17) is 14.6 Å². The number of hydrogen-bond donors (Lipinski definition) is 1. The molecule has 17 heavy (non-hydrogen) atoms. The Hall–Kier alpha value is -1.39. The van der Waals surface area contributed by atoms with Gasteiger partial charge in [0.05, 0.1) is 19.8 Å². The number of carbonyl (C=O) groups is 1. The Labute approximate surface area is 101 Å². The first-order chi connectivity index (χ1) is 8.29. The van der Waals surface area contributed by atoms with Gasteiger partial charge in [-0.1, -0.05) is 30.3 Å². The Balaban J connectivity index is 1.90. The third-order valence-electron chi connectivity index (χ3n) is 2.16. The third kappa shape index (κ3) is 7.49. The van der Waals surface area contributed by atoms with E-state index in [0.29, 0.717) is 32.8 Å². The van der Waals surface area contributed by atoms with Crippen LogP contribution in [0, 0.1) is 0 Å². The molecule has 0 aliphatic heterocycles. The first-order valence-electron chi connectivity index (χ1n) is 5.70. The fourth-order valence-electron chi connectivity index (χ4n) is 1.31. The Morgan fingerprint density at radius 1 is 1.06 bits per heavy atom. The van der Waals surface area contributed by atoms with Gasteiger partial charge in [-0.15, -0.1) is 0 Å². The maximum absolute atomic E-state index is 10.2. The summed E-state index contributed by atoms with van der Waals surface area (Å²) in [5, 5.41) is 8.40. The molecular weight excluding hydrogens is 220 g/mol. The van der Waals surface area contributed by atoms with Crippen molar-refractivity contribution in [1.82, 2.24) is 0 Å². The SMILES string of the molecule is O=C(O)CCCOCCOCc1ccccc1. The molecule has 1 N–H and O–H groups in total. The monoisotopic (exact) mass is 238 g/mol. The van der Waals surface area contributed by atoms with Crippen molar-refractivity contribution < 1.29 is 19.4 Å². The van der Waals surface area contributed by atoms with Crippen molar-refractivity contribution in [2.24, 2.45) is 0 Å². The van der Waals surface area contributed by atoms with Crippen LogP contribution in [0.15, 0.2) is 30.3 Å². The zero-order valence-electron chi connectivity index (χ0n) is 9.80. The summed E-state index contributed by atoms with van der Waals surface area (Å²) < 4.78 is 10.6. The van der Waals surface area contributed by atoms with Gasteiger partial charge in [-0.3, -0.25) is 4.79 Å². The van der Waals surface area contributed by atoms with Gasteiger partial charge in [0.25, 0.3) is 0 Å². The number of benzene rings is 1. The summed E-state index contributed by atoms with van der Waals surface area (Å²) in [5.74, 6) is -0.783. The number of ether oxygens (including phenoxy) is 2. The van der Waals surface area contributed by atoms with Crippen molar-refractivity contribution >= 4 is 5.97 Å². The van der Waals surface area contributed by atoms with E-state index < -0.39 is 5.97 Å². The molecule has 0 spiro atoms. The lowest BCUT2D eigenvalue weighted by Crippen LogP contribution is -2.06. The van der Waals surface area contributed by atoms with E-state index in [1.165, 1.54) is 0 Å². The minimum atomic E-state index is -0.783. The third-order valence-corrected chi connectivity index (χ3v) is 2.16. The van der Waals surface area contributed by atoms with Gasteiger partial charge in [0.2, 0.25) is 0 Å². The molecule has 1 rings (SSSR count). The Morgan fingerprint density at radius 2 is 1.76 bits per heavy atom. The summed E-state index contributed by atoms with van der Waals surface area (Å²) in [6.45, 7) is 2.09. The predicted molar refractivity (Wildman–Crippen MR) is 63.8 cm³/mol. The van der Waals surface area contributed by atoms with Crippen molar-refractivity contribution in [3.8, 4) is 0 Å². The molecule has 0 aromatic heterocycles. The van der Waals surface area contributed by atoms with E-state index in [0.717, 1.165) is 5.56 Å². The molecule has 1 aromatic carbocycles. The molecule has 0 atom stereocenters. The van der Waals surface area contributed by atoms with Crippen molar-refractivity contribution in [2.75, 3.05) is 19.8 Å². The van der Waals surface area contributed by atoms with Crippen LogP contribution in [0.1, 0.15) is 18.4 Å². The average molecular weight is 238 g/mol. The van der Waals surface area contributed by atoms with E-state index in [2.05, 4.69) is 0 Å². The lowest BCUT2D eigenvalue weighted by atomic mass is 10.2. The van der Waals surface area contributed by atoms with Crippen molar-refractivity contribution in [3.05, 3.63) is 35.9 Å². The molecule has 1 aromatic rings. The molecule has 0 amide bonds.